The predicted molar refractivity (Wildman–Crippen MR) is 95.6 cm³/mol. The number of halogens is 1. The molecule has 26 heavy (non-hydrogen) atoms. The van der Waals surface area contributed by atoms with Crippen LogP contribution in [-0.4, -0.2) is 44.6 Å². The minimum Gasteiger partial charge on any atom is -0.308 e. The van der Waals surface area contributed by atoms with Crippen LogP contribution in [-0.2, 0) is 26.2 Å². The molecule has 1 aromatic carbocycles. The van der Waals surface area contributed by atoms with E-state index >= 15 is 0 Å². The van der Waals surface area contributed by atoms with Gasteiger partial charge in [0.1, 0.15) is 10.7 Å². The maximum atomic E-state index is 14.1. The van der Waals surface area contributed by atoms with Crippen molar-refractivity contribution in [2.24, 2.45) is 0 Å². The lowest BCUT2D eigenvalue weighted by Gasteiger charge is -2.20. The predicted octanol–water partition coefficient (Wildman–Crippen LogP) is 1.26. The fraction of sp³-hybridized carbons (Fsp3) is 0.353. The standard InChI is InChI=1S/C17H19FN2O4S2/c1-12-4-5-14(18)16(7-12)26(23,24)17-11-25(21,22)10-15(17)20-9-13-3-2-6-19-8-13/h2-8,15,17,20H,9-11H2,1H3/t15-,17-/m0/s1. The van der Waals surface area contributed by atoms with Crippen LogP contribution in [0, 0.1) is 12.7 Å². The minimum absolute atomic E-state index is 0.274. The molecule has 3 rings (SSSR count). The molecule has 0 bridgehead atoms. The first-order valence-corrected chi connectivity index (χ1v) is 11.4. The molecule has 0 aliphatic carbocycles. The van der Waals surface area contributed by atoms with Crippen LogP contribution >= 0.6 is 0 Å². The van der Waals surface area contributed by atoms with Gasteiger partial charge in [0.25, 0.3) is 0 Å². The van der Waals surface area contributed by atoms with Gasteiger partial charge in [0.05, 0.1) is 16.8 Å². The number of pyridine rings is 1. The molecule has 1 aromatic heterocycles. The summed E-state index contributed by atoms with van der Waals surface area (Å²) in [6.45, 7) is 1.93. The van der Waals surface area contributed by atoms with Crippen molar-refractivity contribution < 1.29 is 21.2 Å². The number of aromatic nitrogens is 1. The Morgan fingerprint density at radius 3 is 2.73 bits per heavy atom. The summed E-state index contributed by atoms with van der Waals surface area (Å²) in [6, 6.07) is 6.52. The summed E-state index contributed by atoms with van der Waals surface area (Å²) < 4.78 is 64.2. The average Bonchev–Trinajstić information content (AvgIpc) is 2.91. The van der Waals surface area contributed by atoms with E-state index in [4.69, 9.17) is 0 Å². The van der Waals surface area contributed by atoms with Gasteiger partial charge in [0.2, 0.25) is 0 Å². The summed E-state index contributed by atoms with van der Waals surface area (Å²) in [6.07, 6.45) is 3.22. The highest BCUT2D eigenvalue weighted by atomic mass is 32.2. The van der Waals surface area contributed by atoms with Crippen LogP contribution in [0.1, 0.15) is 11.1 Å². The Morgan fingerprint density at radius 1 is 1.27 bits per heavy atom. The molecule has 0 saturated carbocycles. The van der Waals surface area contributed by atoms with E-state index in [0.717, 1.165) is 11.6 Å². The Hall–Kier alpha value is -1.84. The highest BCUT2D eigenvalue weighted by molar-refractivity contribution is 7.96. The number of rotatable bonds is 5. The van der Waals surface area contributed by atoms with Gasteiger partial charge >= 0.3 is 0 Å². The third kappa shape index (κ3) is 3.94. The number of nitrogens with zero attached hydrogens (tertiary/aromatic N) is 1. The van der Waals surface area contributed by atoms with Crippen LogP contribution in [0.5, 0.6) is 0 Å². The maximum Gasteiger partial charge on any atom is 0.186 e. The quantitative estimate of drug-likeness (QED) is 0.815. The van der Waals surface area contributed by atoms with Crippen LogP contribution < -0.4 is 5.32 Å². The molecule has 0 amide bonds. The van der Waals surface area contributed by atoms with Crippen LogP contribution in [0.4, 0.5) is 4.39 Å². The number of nitrogens with one attached hydrogen (secondary N) is 1. The average molecular weight is 398 g/mol. The number of sulfone groups is 2. The largest absolute Gasteiger partial charge is 0.308 e. The summed E-state index contributed by atoms with van der Waals surface area (Å²) in [5, 5.41) is 1.76. The second-order valence-corrected chi connectivity index (χ2v) is 10.7. The molecule has 1 aliphatic heterocycles. The molecule has 1 aliphatic rings. The molecule has 2 aromatic rings. The van der Waals surface area contributed by atoms with E-state index in [0.29, 0.717) is 5.56 Å². The summed E-state index contributed by atoms with van der Waals surface area (Å²) >= 11 is 0. The SMILES string of the molecule is Cc1ccc(F)c(S(=O)(=O)[C@H]2CS(=O)(=O)C[C@@H]2NCc2cccnc2)c1. The van der Waals surface area contributed by atoms with Crippen molar-refractivity contribution in [2.45, 2.75) is 29.7 Å². The molecule has 2 heterocycles. The molecule has 1 fully saturated rings. The Kier molecular flexibility index (Phi) is 5.14. The second kappa shape index (κ2) is 7.05. The Morgan fingerprint density at radius 2 is 2.04 bits per heavy atom. The van der Waals surface area contributed by atoms with Gasteiger partial charge in [-0.05, 0) is 36.2 Å². The van der Waals surface area contributed by atoms with Crippen LogP contribution in [0.15, 0.2) is 47.6 Å². The molecule has 9 heteroatoms. The first kappa shape index (κ1) is 18.9. The number of hydrogen-bond acceptors (Lipinski definition) is 6. The zero-order chi connectivity index (χ0) is 18.9. The zero-order valence-electron chi connectivity index (χ0n) is 14.1. The summed E-state index contributed by atoms with van der Waals surface area (Å²) in [4.78, 5) is 3.52. The lowest BCUT2D eigenvalue weighted by atomic mass is 10.2. The van der Waals surface area contributed by atoms with E-state index in [1.54, 1.807) is 31.5 Å². The monoisotopic (exact) mass is 398 g/mol. The number of aryl methyl sites for hydroxylation is 1. The van der Waals surface area contributed by atoms with Crippen LogP contribution in [0.2, 0.25) is 0 Å². The van der Waals surface area contributed by atoms with Crippen molar-refractivity contribution in [3.63, 3.8) is 0 Å². The van der Waals surface area contributed by atoms with E-state index in [1.165, 1.54) is 12.1 Å². The third-order valence-electron chi connectivity index (χ3n) is 4.38. The molecular formula is C17H19FN2O4S2. The van der Waals surface area contributed by atoms with Crippen molar-refractivity contribution in [3.05, 3.63) is 59.7 Å². The van der Waals surface area contributed by atoms with Crippen molar-refractivity contribution in [2.75, 3.05) is 11.5 Å². The van der Waals surface area contributed by atoms with Crippen molar-refractivity contribution in [3.8, 4) is 0 Å². The molecule has 1 saturated heterocycles. The van der Waals surface area contributed by atoms with Gasteiger partial charge in [-0.3, -0.25) is 4.98 Å². The summed E-state index contributed by atoms with van der Waals surface area (Å²) in [7, 11) is -7.69. The van der Waals surface area contributed by atoms with Gasteiger partial charge < -0.3 is 5.32 Å². The van der Waals surface area contributed by atoms with E-state index in [1.807, 2.05) is 0 Å². The minimum atomic E-state index is -4.15. The fourth-order valence-corrected chi connectivity index (χ4v) is 7.92. The fourth-order valence-electron chi connectivity index (χ4n) is 3.05. The first-order valence-electron chi connectivity index (χ1n) is 8.02. The van der Waals surface area contributed by atoms with Crippen molar-refractivity contribution in [1.82, 2.24) is 10.3 Å². The van der Waals surface area contributed by atoms with E-state index in [2.05, 4.69) is 10.3 Å². The van der Waals surface area contributed by atoms with E-state index < -0.39 is 47.4 Å². The molecule has 6 nitrogen and oxygen atoms in total. The van der Waals surface area contributed by atoms with Gasteiger partial charge in [-0.1, -0.05) is 12.1 Å². The van der Waals surface area contributed by atoms with E-state index in [9.17, 15) is 21.2 Å². The Balaban J connectivity index is 1.91. The molecule has 0 radical (unpaired) electrons. The van der Waals surface area contributed by atoms with Crippen LogP contribution in [0.25, 0.3) is 0 Å². The molecule has 0 unspecified atom stereocenters. The lowest BCUT2D eigenvalue weighted by Crippen LogP contribution is -2.43. The van der Waals surface area contributed by atoms with Gasteiger partial charge in [-0.2, -0.15) is 0 Å². The highest BCUT2D eigenvalue weighted by Crippen LogP contribution is 2.28. The highest BCUT2D eigenvalue weighted by Gasteiger charge is 2.46. The van der Waals surface area contributed by atoms with Gasteiger partial charge in [0.15, 0.2) is 19.7 Å². The molecule has 2 atom stereocenters. The topological polar surface area (TPSA) is 93.2 Å². The normalized spacial score (nSPS) is 22.4. The first-order chi connectivity index (χ1) is 12.2. The second-order valence-electron chi connectivity index (χ2n) is 6.44. The van der Waals surface area contributed by atoms with Crippen molar-refractivity contribution in [1.29, 1.82) is 0 Å². The number of hydrogen-bond donors (Lipinski definition) is 1. The van der Waals surface area contributed by atoms with Gasteiger partial charge in [-0.25, -0.2) is 21.2 Å². The molecule has 0 spiro atoms. The maximum absolute atomic E-state index is 14.1. The molecular weight excluding hydrogens is 379 g/mol. The van der Waals surface area contributed by atoms with Gasteiger partial charge in [-0.15, -0.1) is 0 Å². The molecule has 1 N–H and O–H groups in total. The summed E-state index contributed by atoms with van der Waals surface area (Å²) in [5.74, 6) is -1.69. The van der Waals surface area contributed by atoms with Crippen molar-refractivity contribution >= 4 is 19.7 Å². The third-order valence-corrected chi connectivity index (χ3v) is 8.55. The molecule has 140 valence electrons. The van der Waals surface area contributed by atoms with Gasteiger partial charge in [0, 0.05) is 25.0 Å². The smallest absolute Gasteiger partial charge is 0.186 e. The van der Waals surface area contributed by atoms with Crippen LogP contribution in [0.3, 0.4) is 0 Å². The Bertz CT molecular complexity index is 1010. The summed E-state index contributed by atoms with van der Waals surface area (Å²) in [5.41, 5.74) is 1.39. The number of benzene rings is 1. The Labute approximate surface area is 152 Å². The zero-order valence-corrected chi connectivity index (χ0v) is 15.7. The lowest BCUT2D eigenvalue weighted by molar-refractivity contribution is 0.518. The van der Waals surface area contributed by atoms with E-state index in [-0.39, 0.29) is 12.3 Å².